The van der Waals surface area contributed by atoms with Crippen molar-refractivity contribution in [3.05, 3.63) is 36.1 Å². The van der Waals surface area contributed by atoms with Gasteiger partial charge in [-0.05, 0) is 13.8 Å². The summed E-state index contributed by atoms with van der Waals surface area (Å²) in [6, 6.07) is 0. The van der Waals surface area contributed by atoms with Gasteiger partial charge in [-0.2, -0.15) is 10.1 Å². The Morgan fingerprint density at radius 2 is 2.12 bits per heavy atom. The van der Waals surface area contributed by atoms with Crippen LogP contribution in [0.15, 0.2) is 23.2 Å². The van der Waals surface area contributed by atoms with Crippen LogP contribution in [0.3, 0.4) is 0 Å². The lowest BCUT2D eigenvalue weighted by Gasteiger charge is -2.15. The number of nitrogens with zero attached hydrogens (tertiary/aromatic N) is 8. The predicted octanol–water partition coefficient (Wildman–Crippen LogP) is 2.15. The Bertz CT molecular complexity index is 1300. The minimum Gasteiger partial charge on any atom is -0.471 e. The van der Waals surface area contributed by atoms with Crippen LogP contribution in [0.1, 0.15) is 35.4 Å². The first-order valence-electron chi connectivity index (χ1n) is 10.5. The van der Waals surface area contributed by atoms with E-state index in [9.17, 15) is 4.79 Å². The summed E-state index contributed by atoms with van der Waals surface area (Å²) in [6.07, 6.45) is 5.18. The van der Waals surface area contributed by atoms with Gasteiger partial charge in [0.1, 0.15) is 24.5 Å². The second-order valence-corrected chi connectivity index (χ2v) is 7.84. The molecule has 1 unspecified atom stereocenters. The van der Waals surface area contributed by atoms with Crippen LogP contribution >= 0.6 is 0 Å². The number of fused-ring (bicyclic) bond motifs is 1. The molecule has 0 radical (unpaired) electrons. The number of imidazole rings is 1. The fourth-order valence-electron chi connectivity index (χ4n) is 4.08. The first kappa shape index (κ1) is 20.2. The highest BCUT2D eigenvalue weighted by molar-refractivity contribution is 5.92. The van der Waals surface area contributed by atoms with Crippen molar-refractivity contribution in [2.75, 3.05) is 13.1 Å². The van der Waals surface area contributed by atoms with E-state index >= 15 is 0 Å². The van der Waals surface area contributed by atoms with Crippen LogP contribution in [0, 0.1) is 13.8 Å². The molecular weight excluding hydrogens is 412 g/mol. The maximum absolute atomic E-state index is 12.6. The van der Waals surface area contributed by atoms with Crippen LogP contribution in [0.4, 0.5) is 0 Å². The lowest BCUT2D eigenvalue weighted by Crippen LogP contribution is -2.31. The number of amides is 1. The lowest BCUT2D eigenvalue weighted by atomic mass is 10.2. The number of hydrogen-bond donors (Lipinski definition) is 0. The number of rotatable bonds is 5. The van der Waals surface area contributed by atoms with E-state index in [2.05, 4.69) is 27.0 Å². The van der Waals surface area contributed by atoms with Gasteiger partial charge in [-0.1, -0.05) is 0 Å². The highest BCUT2D eigenvalue weighted by atomic mass is 16.5. The number of oxazole rings is 1. The molecule has 0 aromatic carbocycles. The summed E-state index contributed by atoms with van der Waals surface area (Å²) in [5.41, 5.74) is 3.56. The molecule has 1 aliphatic rings. The van der Waals surface area contributed by atoms with Crippen molar-refractivity contribution in [2.45, 2.75) is 39.8 Å². The van der Waals surface area contributed by atoms with Crippen LogP contribution < -0.4 is 4.74 Å². The molecule has 0 saturated carbocycles. The maximum Gasteiger partial charge on any atom is 0.275 e. The third-order valence-electron chi connectivity index (χ3n) is 5.81. The minimum atomic E-state index is -0.194. The molecule has 5 heterocycles. The zero-order valence-corrected chi connectivity index (χ0v) is 18.4. The van der Waals surface area contributed by atoms with Gasteiger partial charge >= 0.3 is 0 Å². The summed E-state index contributed by atoms with van der Waals surface area (Å²) in [5, 5.41) is 4.43. The van der Waals surface area contributed by atoms with Gasteiger partial charge in [-0.3, -0.25) is 9.48 Å². The average molecular weight is 436 g/mol. The van der Waals surface area contributed by atoms with Gasteiger partial charge in [0, 0.05) is 39.2 Å². The van der Waals surface area contributed by atoms with E-state index in [1.54, 1.807) is 11.8 Å². The van der Waals surface area contributed by atoms with Crippen LogP contribution in [0.2, 0.25) is 0 Å². The molecule has 1 atom stereocenters. The molecule has 4 aromatic rings. The highest BCUT2D eigenvalue weighted by Gasteiger charge is 2.31. The summed E-state index contributed by atoms with van der Waals surface area (Å²) in [5.74, 6) is 1.47. The van der Waals surface area contributed by atoms with E-state index in [0.29, 0.717) is 48.1 Å². The van der Waals surface area contributed by atoms with Gasteiger partial charge in [-0.25, -0.2) is 15.0 Å². The van der Waals surface area contributed by atoms with E-state index in [0.717, 1.165) is 23.6 Å². The topological polar surface area (TPSA) is 117 Å². The lowest BCUT2D eigenvalue weighted by molar-refractivity contribution is 0.0765. The molecule has 32 heavy (non-hydrogen) atoms. The zero-order valence-electron chi connectivity index (χ0n) is 18.4. The molecule has 4 aromatic heterocycles. The van der Waals surface area contributed by atoms with E-state index in [4.69, 9.17) is 14.1 Å². The summed E-state index contributed by atoms with van der Waals surface area (Å²) < 4.78 is 15.2. The Morgan fingerprint density at radius 3 is 2.84 bits per heavy atom. The Morgan fingerprint density at radius 1 is 1.28 bits per heavy atom. The SMILES string of the molecule is CCn1ncc(-c2nc3c(OC4CCN(C(=O)c5coc(C)n5)C4)ncnc3n2C)c1C. The third kappa shape index (κ3) is 3.29. The fraction of sp³-hybridized carbons (Fsp3) is 0.429. The first-order chi connectivity index (χ1) is 15.5. The summed E-state index contributed by atoms with van der Waals surface area (Å²) in [6.45, 7) is 7.59. The van der Waals surface area contributed by atoms with Crippen molar-refractivity contribution in [3.63, 3.8) is 0 Å². The number of aryl methyl sites for hydroxylation is 3. The molecule has 0 aliphatic carbocycles. The molecule has 1 saturated heterocycles. The van der Waals surface area contributed by atoms with Gasteiger partial charge in [0.15, 0.2) is 22.7 Å². The summed E-state index contributed by atoms with van der Waals surface area (Å²) in [4.78, 5) is 32.0. The molecule has 5 rings (SSSR count). The fourth-order valence-corrected chi connectivity index (χ4v) is 4.08. The van der Waals surface area contributed by atoms with Crippen molar-refractivity contribution >= 4 is 17.1 Å². The second-order valence-electron chi connectivity index (χ2n) is 7.84. The molecule has 11 heteroatoms. The molecule has 0 spiro atoms. The molecule has 0 N–H and O–H groups in total. The van der Waals surface area contributed by atoms with Crippen molar-refractivity contribution in [1.29, 1.82) is 0 Å². The van der Waals surface area contributed by atoms with E-state index in [1.165, 1.54) is 12.6 Å². The minimum absolute atomic E-state index is 0.163. The normalized spacial score (nSPS) is 16.2. The van der Waals surface area contributed by atoms with Crippen molar-refractivity contribution in [1.82, 2.24) is 39.2 Å². The second kappa shape index (κ2) is 7.74. The Labute approximate surface area is 184 Å². The number of carbonyl (C=O) groups is 1. The quantitative estimate of drug-likeness (QED) is 0.467. The van der Waals surface area contributed by atoms with Crippen molar-refractivity contribution in [3.8, 4) is 17.3 Å². The number of aromatic nitrogens is 7. The van der Waals surface area contributed by atoms with Crippen LogP contribution in [0.25, 0.3) is 22.6 Å². The van der Waals surface area contributed by atoms with Gasteiger partial charge in [0.25, 0.3) is 5.91 Å². The van der Waals surface area contributed by atoms with E-state index in [1.807, 2.05) is 29.4 Å². The average Bonchev–Trinajstić information content (AvgIpc) is 3.56. The standard InChI is InChI=1S/C21H24N8O3/c1-5-29-12(2)15(8-24-29)18-26-17-19(27(18)4)22-11-23-20(17)32-14-6-7-28(9-14)21(30)16-10-31-13(3)25-16/h8,10-11,14H,5-7,9H2,1-4H3. The summed E-state index contributed by atoms with van der Waals surface area (Å²) >= 11 is 0. The predicted molar refractivity (Wildman–Crippen MR) is 114 cm³/mol. The number of ether oxygens (including phenoxy) is 1. The van der Waals surface area contributed by atoms with Crippen LogP contribution in [-0.4, -0.2) is 64.3 Å². The van der Waals surface area contributed by atoms with Crippen LogP contribution in [0.5, 0.6) is 5.88 Å². The number of likely N-dealkylation sites (tertiary alicyclic amines) is 1. The molecule has 11 nitrogen and oxygen atoms in total. The van der Waals surface area contributed by atoms with Crippen molar-refractivity contribution < 1.29 is 13.9 Å². The Balaban J connectivity index is 1.39. The Hall–Kier alpha value is -3.76. The molecular formula is C21H24N8O3. The van der Waals surface area contributed by atoms with Gasteiger partial charge in [0.05, 0.1) is 18.3 Å². The Kier molecular flexibility index (Phi) is 4.87. The summed E-state index contributed by atoms with van der Waals surface area (Å²) in [7, 11) is 1.92. The highest BCUT2D eigenvalue weighted by Crippen LogP contribution is 2.30. The zero-order chi connectivity index (χ0) is 22.4. The van der Waals surface area contributed by atoms with Crippen molar-refractivity contribution in [2.24, 2.45) is 7.05 Å². The first-order valence-corrected chi connectivity index (χ1v) is 10.5. The third-order valence-corrected chi connectivity index (χ3v) is 5.81. The van der Waals surface area contributed by atoms with Gasteiger partial charge < -0.3 is 18.6 Å². The van der Waals surface area contributed by atoms with Crippen LogP contribution in [-0.2, 0) is 13.6 Å². The largest absolute Gasteiger partial charge is 0.471 e. The van der Waals surface area contributed by atoms with E-state index in [-0.39, 0.29) is 12.0 Å². The maximum atomic E-state index is 12.6. The molecule has 1 aliphatic heterocycles. The smallest absolute Gasteiger partial charge is 0.275 e. The molecule has 1 fully saturated rings. The molecule has 166 valence electrons. The number of hydrogen-bond acceptors (Lipinski definition) is 8. The van der Waals surface area contributed by atoms with Gasteiger partial charge in [-0.15, -0.1) is 0 Å². The van der Waals surface area contributed by atoms with E-state index < -0.39 is 0 Å². The van der Waals surface area contributed by atoms with Gasteiger partial charge in [0.2, 0.25) is 5.88 Å². The monoisotopic (exact) mass is 436 g/mol. The number of carbonyl (C=O) groups excluding carboxylic acids is 1. The molecule has 1 amide bonds. The molecule has 0 bridgehead atoms.